The summed E-state index contributed by atoms with van der Waals surface area (Å²) >= 11 is 0. The van der Waals surface area contributed by atoms with E-state index in [1.807, 2.05) is 13.0 Å². The third-order valence-corrected chi connectivity index (χ3v) is 3.11. The minimum absolute atomic E-state index is 0.322. The monoisotopic (exact) mass is 231 g/mol. The number of H-pyrrole nitrogens is 1. The molecule has 1 unspecified atom stereocenters. The lowest BCUT2D eigenvalue weighted by molar-refractivity contribution is 0.474. The van der Waals surface area contributed by atoms with Crippen LogP contribution in [0.1, 0.15) is 36.1 Å². The van der Waals surface area contributed by atoms with E-state index in [0.29, 0.717) is 11.7 Å². The maximum Gasteiger partial charge on any atom is 0.115 e. The van der Waals surface area contributed by atoms with E-state index in [9.17, 15) is 5.11 Å². The topological polar surface area (TPSA) is 61.8 Å². The number of phenolic OH excluding ortho intramolecular Hbond substituents is 1. The molecule has 2 rings (SSSR count). The third-order valence-electron chi connectivity index (χ3n) is 3.11. The fourth-order valence-corrected chi connectivity index (χ4v) is 2.17. The van der Waals surface area contributed by atoms with Gasteiger partial charge in [0.2, 0.25) is 0 Å². The van der Waals surface area contributed by atoms with Crippen LogP contribution in [0.3, 0.4) is 0 Å². The Balaban J connectivity index is 2.23. The Bertz CT molecular complexity index is 479. The Kier molecular flexibility index (Phi) is 3.42. The van der Waals surface area contributed by atoms with Gasteiger partial charge in [-0.15, -0.1) is 0 Å². The largest absolute Gasteiger partial charge is 0.508 e. The molecule has 0 aliphatic carbocycles. The Hall–Kier alpha value is -1.84. The van der Waals surface area contributed by atoms with Crippen molar-refractivity contribution < 1.29 is 5.11 Å². The molecule has 0 saturated heterocycles. The van der Waals surface area contributed by atoms with Crippen molar-refractivity contribution >= 4 is 0 Å². The first-order chi connectivity index (χ1) is 8.20. The van der Waals surface area contributed by atoms with Crippen molar-refractivity contribution in [3.05, 3.63) is 41.2 Å². The second-order valence-corrected chi connectivity index (χ2v) is 4.31. The lowest BCUT2D eigenvalue weighted by Gasteiger charge is -2.16. The molecule has 0 bridgehead atoms. The molecule has 0 amide bonds. The highest BCUT2D eigenvalue weighted by atomic mass is 16.3. The highest BCUT2D eigenvalue weighted by molar-refractivity contribution is 5.36. The average molecular weight is 231 g/mol. The minimum Gasteiger partial charge on any atom is -0.508 e. The normalized spacial score (nSPS) is 12.6. The van der Waals surface area contributed by atoms with E-state index in [1.54, 1.807) is 18.3 Å². The van der Waals surface area contributed by atoms with Crippen LogP contribution in [0.4, 0.5) is 0 Å². The van der Waals surface area contributed by atoms with Gasteiger partial charge >= 0.3 is 0 Å². The van der Waals surface area contributed by atoms with Gasteiger partial charge in [-0.05, 0) is 48.9 Å². The van der Waals surface area contributed by atoms with E-state index in [2.05, 4.69) is 22.3 Å². The van der Waals surface area contributed by atoms with E-state index in [0.717, 1.165) is 24.1 Å². The molecular weight excluding hydrogens is 214 g/mol. The van der Waals surface area contributed by atoms with Crippen molar-refractivity contribution in [3.8, 4) is 5.75 Å². The second-order valence-electron chi connectivity index (χ2n) is 4.31. The van der Waals surface area contributed by atoms with Gasteiger partial charge in [-0.1, -0.05) is 13.0 Å². The van der Waals surface area contributed by atoms with Gasteiger partial charge in [-0.25, -0.2) is 0 Å². The summed E-state index contributed by atoms with van der Waals surface area (Å²) in [7, 11) is 0. The SMILES string of the molecule is CCC(Cc1cn[nH]n1)c1ccc(O)cc1C. The smallest absolute Gasteiger partial charge is 0.115 e. The van der Waals surface area contributed by atoms with Crippen molar-refractivity contribution in [1.29, 1.82) is 0 Å². The van der Waals surface area contributed by atoms with Crippen molar-refractivity contribution in [3.63, 3.8) is 0 Å². The number of hydrogen-bond acceptors (Lipinski definition) is 3. The van der Waals surface area contributed by atoms with Crippen LogP contribution in [0.5, 0.6) is 5.75 Å². The number of benzene rings is 1. The second kappa shape index (κ2) is 4.99. The number of hydrogen-bond donors (Lipinski definition) is 2. The van der Waals surface area contributed by atoms with Crippen molar-refractivity contribution in [2.75, 3.05) is 0 Å². The fourth-order valence-electron chi connectivity index (χ4n) is 2.17. The van der Waals surface area contributed by atoms with E-state index < -0.39 is 0 Å². The molecule has 0 aliphatic heterocycles. The van der Waals surface area contributed by atoms with Gasteiger partial charge in [0.1, 0.15) is 5.75 Å². The third kappa shape index (κ3) is 2.64. The van der Waals surface area contributed by atoms with Gasteiger partial charge in [-0.2, -0.15) is 15.4 Å². The van der Waals surface area contributed by atoms with Crippen LogP contribution in [0.2, 0.25) is 0 Å². The molecule has 1 aromatic carbocycles. The van der Waals surface area contributed by atoms with Crippen LogP contribution in [-0.4, -0.2) is 20.5 Å². The molecule has 90 valence electrons. The summed E-state index contributed by atoms with van der Waals surface area (Å²) in [5, 5.41) is 20.0. The summed E-state index contributed by atoms with van der Waals surface area (Å²) in [4.78, 5) is 0. The first-order valence-corrected chi connectivity index (χ1v) is 5.85. The number of nitrogens with one attached hydrogen (secondary N) is 1. The van der Waals surface area contributed by atoms with Crippen molar-refractivity contribution in [2.45, 2.75) is 32.6 Å². The van der Waals surface area contributed by atoms with Gasteiger partial charge in [0.15, 0.2) is 0 Å². The summed E-state index contributed by atoms with van der Waals surface area (Å²) in [5.41, 5.74) is 3.37. The molecule has 0 spiro atoms. The molecule has 1 atom stereocenters. The van der Waals surface area contributed by atoms with Gasteiger partial charge in [-0.3, -0.25) is 0 Å². The molecule has 0 aliphatic rings. The first kappa shape index (κ1) is 11.6. The van der Waals surface area contributed by atoms with E-state index >= 15 is 0 Å². The van der Waals surface area contributed by atoms with Crippen LogP contribution in [-0.2, 0) is 6.42 Å². The molecule has 4 nitrogen and oxygen atoms in total. The van der Waals surface area contributed by atoms with Crippen molar-refractivity contribution in [2.24, 2.45) is 0 Å². The minimum atomic E-state index is 0.322. The van der Waals surface area contributed by atoms with E-state index in [4.69, 9.17) is 0 Å². The molecule has 2 aromatic rings. The summed E-state index contributed by atoms with van der Waals surface area (Å²) in [6, 6.07) is 5.55. The van der Waals surface area contributed by atoms with Crippen molar-refractivity contribution in [1.82, 2.24) is 15.4 Å². The first-order valence-electron chi connectivity index (χ1n) is 5.85. The molecule has 2 N–H and O–H groups in total. The van der Waals surface area contributed by atoms with E-state index in [1.165, 1.54) is 5.56 Å². The maximum absolute atomic E-state index is 9.42. The van der Waals surface area contributed by atoms with Gasteiger partial charge in [0, 0.05) is 0 Å². The van der Waals surface area contributed by atoms with Crippen LogP contribution < -0.4 is 0 Å². The Morgan fingerprint density at radius 1 is 1.41 bits per heavy atom. The molecule has 4 heteroatoms. The number of aromatic hydroxyl groups is 1. The number of phenols is 1. The van der Waals surface area contributed by atoms with Gasteiger partial charge in [0.25, 0.3) is 0 Å². The summed E-state index contributed by atoms with van der Waals surface area (Å²) in [6.45, 7) is 4.19. The Morgan fingerprint density at radius 3 is 2.82 bits per heavy atom. The number of aromatic amines is 1. The predicted molar refractivity (Wildman–Crippen MR) is 66.0 cm³/mol. The highest BCUT2D eigenvalue weighted by Crippen LogP contribution is 2.28. The molecule has 0 fully saturated rings. The van der Waals surface area contributed by atoms with E-state index in [-0.39, 0.29) is 0 Å². The molecule has 17 heavy (non-hydrogen) atoms. The van der Waals surface area contributed by atoms with Crippen LogP contribution in [0.15, 0.2) is 24.4 Å². The van der Waals surface area contributed by atoms with Crippen LogP contribution in [0.25, 0.3) is 0 Å². The zero-order valence-corrected chi connectivity index (χ0v) is 10.1. The molecular formula is C13H17N3O. The number of aryl methyl sites for hydroxylation is 1. The zero-order valence-electron chi connectivity index (χ0n) is 10.1. The summed E-state index contributed by atoms with van der Waals surface area (Å²) in [5.74, 6) is 0.739. The molecule has 1 heterocycles. The number of rotatable bonds is 4. The molecule has 0 saturated carbocycles. The predicted octanol–water partition coefficient (Wildman–Crippen LogP) is 2.56. The molecule has 0 radical (unpaired) electrons. The standard InChI is InChI=1S/C13H17N3O/c1-3-10(7-11-8-14-16-15-11)13-5-4-12(17)6-9(13)2/h4-6,8,10,17H,3,7H2,1-2H3,(H,14,15,16). The Morgan fingerprint density at radius 2 is 2.24 bits per heavy atom. The van der Waals surface area contributed by atoms with Gasteiger partial charge in [0.05, 0.1) is 11.9 Å². The highest BCUT2D eigenvalue weighted by Gasteiger charge is 2.14. The lowest BCUT2D eigenvalue weighted by Crippen LogP contribution is -2.04. The summed E-state index contributed by atoms with van der Waals surface area (Å²) < 4.78 is 0. The summed E-state index contributed by atoms with van der Waals surface area (Å²) in [6.07, 6.45) is 3.68. The van der Waals surface area contributed by atoms with Crippen LogP contribution >= 0.6 is 0 Å². The average Bonchev–Trinajstić information content (AvgIpc) is 2.79. The fraction of sp³-hybridized carbons (Fsp3) is 0.385. The lowest BCUT2D eigenvalue weighted by atomic mass is 9.89. The molecule has 1 aromatic heterocycles. The van der Waals surface area contributed by atoms with Gasteiger partial charge < -0.3 is 5.11 Å². The Labute approximate surface area is 101 Å². The zero-order chi connectivity index (χ0) is 12.3. The maximum atomic E-state index is 9.42. The number of nitrogens with zero attached hydrogens (tertiary/aromatic N) is 2. The number of aromatic nitrogens is 3. The van der Waals surface area contributed by atoms with Crippen LogP contribution in [0, 0.1) is 6.92 Å². The quantitative estimate of drug-likeness (QED) is 0.850.